The molecule has 33 heavy (non-hydrogen) atoms. The van der Waals surface area contributed by atoms with Crippen LogP contribution in [0.1, 0.15) is 15.9 Å². The van der Waals surface area contributed by atoms with Crippen molar-refractivity contribution < 1.29 is 14.3 Å². The number of methoxy groups -OCH3 is 1. The molecule has 0 aliphatic carbocycles. The van der Waals surface area contributed by atoms with E-state index < -0.39 is 0 Å². The molecule has 0 radical (unpaired) electrons. The van der Waals surface area contributed by atoms with E-state index in [-0.39, 0.29) is 5.91 Å². The van der Waals surface area contributed by atoms with Crippen LogP contribution in [-0.4, -0.2) is 35.0 Å². The fourth-order valence-corrected chi connectivity index (χ4v) is 3.27. The fraction of sp³-hybridized carbons (Fsp3) is 0.120. The first-order chi connectivity index (χ1) is 16.1. The Balaban J connectivity index is 1.71. The van der Waals surface area contributed by atoms with Gasteiger partial charge < -0.3 is 20.1 Å². The van der Waals surface area contributed by atoms with Gasteiger partial charge in [-0.05, 0) is 48.9 Å². The molecule has 4 aromatic rings. The standard InChI is InChI=1S/C25H23N5O3/c1-16-11-12-20(29-23(31)17-8-5-4-6-9-17)22(32-3)21(16)33-24-18(10-7-14-27-24)19-13-15-28-25(26-2)30-19/h4-15H,1-3H3,(H,29,31)(H,26,28,30). The highest BCUT2D eigenvalue weighted by atomic mass is 16.5. The van der Waals surface area contributed by atoms with E-state index in [4.69, 9.17) is 9.47 Å². The second-order valence-electron chi connectivity index (χ2n) is 7.09. The zero-order chi connectivity index (χ0) is 23.2. The summed E-state index contributed by atoms with van der Waals surface area (Å²) in [4.78, 5) is 25.8. The molecule has 0 saturated heterocycles. The van der Waals surface area contributed by atoms with Crippen LogP contribution in [0.3, 0.4) is 0 Å². The summed E-state index contributed by atoms with van der Waals surface area (Å²) in [5, 5.41) is 5.83. The van der Waals surface area contributed by atoms with Gasteiger partial charge in [0.15, 0.2) is 11.5 Å². The van der Waals surface area contributed by atoms with Gasteiger partial charge >= 0.3 is 0 Å². The number of hydrogen-bond acceptors (Lipinski definition) is 7. The highest BCUT2D eigenvalue weighted by Crippen LogP contribution is 2.42. The highest BCUT2D eigenvalue weighted by Gasteiger charge is 2.19. The monoisotopic (exact) mass is 441 g/mol. The van der Waals surface area contributed by atoms with E-state index in [9.17, 15) is 4.79 Å². The molecule has 0 spiro atoms. The van der Waals surface area contributed by atoms with Crippen LogP contribution >= 0.6 is 0 Å². The van der Waals surface area contributed by atoms with Crippen LogP contribution < -0.4 is 20.1 Å². The van der Waals surface area contributed by atoms with Gasteiger partial charge in [-0.1, -0.05) is 24.3 Å². The average molecular weight is 441 g/mol. The van der Waals surface area contributed by atoms with Crippen LogP contribution in [0.5, 0.6) is 17.4 Å². The van der Waals surface area contributed by atoms with Gasteiger partial charge in [0.25, 0.3) is 5.91 Å². The molecule has 0 atom stereocenters. The molecule has 2 N–H and O–H groups in total. The maximum Gasteiger partial charge on any atom is 0.255 e. The van der Waals surface area contributed by atoms with Crippen LogP contribution in [0.2, 0.25) is 0 Å². The lowest BCUT2D eigenvalue weighted by Gasteiger charge is -2.18. The Kier molecular flexibility index (Phi) is 6.45. The Bertz CT molecular complexity index is 1280. The molecule has 4 rings (SSSR count). The molecule has 166 valence electrons. The van der Waals surface area contributed by atoms with E-state index in [1.54, 1.807) is 43.7 Å². The number of anilines is 2. The molecule has 2 aromatic heterocycles. The molecule has 0 aliphatic heterocycles. The molecule has 0 fully saturated rings. The van der Waals surface area contributed by atoms with E-state index in [0.717, 1.165) is 5.56 Å². The zero-order valence-corrected chi connectivity index (χ0v) is 18.5. The first kappa shape index (κ1) is 21.8. The number of aromatic nitrogens is 3. The summed E-state index contributed by atoms with van der Waals surface area (Å²) < 4.78 is 11.9. The lowest BCUT2D eigenvalue weighted by Crippen LogP contribution is -2.13. The quantitative estimate of drug-likeness (QED) is 0.419. The van der Waals surface area contributed by atoms with Gasteiger partial charge in [0, 0.05) is 25.0 Å². The van der Waals surface area contributed by atoms with E-state index in [0.29, 0.717) is 45.8 Å². The predicted octanol–water partition coefficient (Wildman–Crippen LogP) is 4.94. The Hall–Kier alpha value is -4.46. The summed E-state index contributed by atoms with van der Waals surface area (Å²) in [6.45, 7) is 1.90. The summed E-state index contributed by atoms with van der Waals surface area (Å²) in [6.07, 6.45) is 3.30. The average Bonchev–Trinajstić information content (AvgIpc) is 2.87. The number of nitrogens with zero attached hydrogens (tertiary/aromatic N) is 3. The summed E-state index contributed by atoms with van der Waals surface area (Å²) in [5.41, 5.74) is 3.20. The van der Waals surface area contributed by atoms with Gasteiger partial charge in [0.05, 0.1) is 24.1 Å². The van der Waals surface area contributed by atoms with Gasteiger partial charge in [0.1, 0.15) is 0 Å². The molecule has 0 saturated carbocycles. The maximum absolute atomic E-state index is 12.7. The van der Waals surface area contributed by atoms with Gasteiger partial charge in [-0.15, -0.1) is 0 Å². The number of ether oxygens (including phenoxy) is 2. The van der Waals surface area contributed by atoms with Gasteiger partial charge in [-0.3, -0.25) is 4.79 Å². The van der Waals surface area contributed by atoms with Crippen molar-refractivity contribution in [2.24, 2.45) is 0 Å². The molecule has 0 unspecified atom stereocenters. The minimum Gasteiger partial charge on any atom is -0.491 e. The second-order valence-corrected chi connectivity index (χ2v) is 7.09. The third-order valence-electron chi connectivity index (χ3n) is 4.92. The van der Waals surface area contributed by atoms with E-state index in [2.05, 4.69) is 25.6 Å². The van der Waals surface area contributed by atoms with Crippen molar-refractivity contribution >= 4 is 17.5 Å². The van der Waals surface area contributed by atoms with Gasteiger partial charge in [0.2, 0.25) is 11.8 Å². The Labute approximate surface area is 191 Å². The Morgan fingerprint density at radius 2 is 1.73 bits per heavy atom. The molecular weight excluding hydrogens is 418 g/mol. The summed E-state index contributed by atoms with van der Waals surface area (Å²) in [7, 11) is 3.28. The van der Waals surface area contributed by atoms with Crippen molar-refractivity contribution in [3.63, 3.8) is 0 Å². The minimum atomic E-state index is -0.247. The van der Waals surface area contributed by atoms with Crippen LogP contribution in [0.15, 0.2) is 73.1 Å². The third-order valence-corrected chi connectivity index (χ3v) is 4.92. The highest BCUT2D eigenvalue weighted by molar-refractivity contribution is 6.05. The molecule has 8 heteroatoms. The zero-order valence-electron chi connectivity index (χ0n) is 18.5. The SMILES string of the molecule is CNc1nccc(-c2cccnc2Oc2c(C)ccc(NC(=O)c3ccccc3)c2OC)n1. The number of amides is 1. The van der Waals surface area contributed by atoms with Crippen molar-refractivity contribution in [1.29, 1.82) is 0 Å². The number of nitrogens with one attached hydrogen (secondary N) is 2. The van der Waals surface area contributed by atoms with Crippen LogP contribution in [-0.2, 0) is 0 Å². The maximum atomic E-state index is 12.7. The largest absolute Gasteiger partial charge is 0.491 e. The van der Waals surface area contributed by atoms with Crippen molar-refractivity contribution in [2.75, 3.05) is 24.8 Å². The second kappa shape index (κ2) is 9.78. The smallest absolute Gasteiger partial charge is 0.255 e. The predicted molar refractivity (Wildman–Crippen MR) is 127 cm³/mol. The number of pyridine rings is 1. The van der Waals surface area contributed by atoms with E-state index in [1.165, 1.54) is 7.11 Å². The first-order valence-corrected chi connectivity index (χ1v) is 10.3. The Morgan fingerprint density at radius 3 is 2.48 bits per heavy atom. The lowest BCUT2D eigenvalue weighted by atomic mass is 10.1. The number of benzene rings is 2. The van der Waals surface area contributed by atoms with Crippen LogP contribution in [0, 0.1) is 6.92 Å². The number of hydrogen-bond donors (Lipinski definition) is 2. The molecule has 2 aromatic carbocycles. The van der Waals surface area contributed by atoms with Crippen molar-refractivity contribution in [2.45, 2.75) is 6.92 Å². The van der Waals surface area contributed by atoms with Crippen LogP contribution in [0.25, 0.3) is 11.3 Å². The fourth-order valence-electron chi connectivity index (χ4n) is 3.27. The first-order valence-electron chi connectivity index (χ1n) is 10.3. The van der Waals surface area contributed by atoms with E-state index in [1.807, 2.05) is 43.3 Å². The number of carbonyl (C=O) groups excluding carboxylic acids is 1. The molecule has 8 nitrogen and oxygen atoms in total. The van der Waals surface area contributed by atoms with E-state index >= 15 is 0 Å². The number of carbonyl (C=O) groups is 1. The Morgan fingerprint density at radius 1 is 0.909 bits per heavy atom. The van der Waals surface area contributed by atoms with Crippen molar-refractivity contribution in [3.8, 4) is 28.6 Å². The molecule has 1 amide bonds. The molecule has 0 bridgehead atoms. The molecule has 0 aliphatic rings. The topological polar surface area (TPSA) is 98.3 Å². The van der Waals surface area contributed by atoms with Crippen molar-refractivity contribution in [3.05, 3.63) is 84.2 Å². The van der Waals surface area contributed by atoms with Gasteiger partial charge in [-0.25, -0.2) is 15.0 Å². The molecular formula is C25H23N5O3. The lowest BCUT2D eigenvalue weighted by molar-refractivity contribution is 0.102. The third kappa shape index (κ3) is 4.74. The number of rotatable bonds is 7. The summed E-state index contributed by atoms with van der Waals surface area (Å²) in [6, 6.07) is 18.1. The summed E-state index contributed by atoms with van der Waals surface area (Å²) in [5.74, 6) is 1.44. The number of aryl methyl sites for hydroxylation is 1. The molecule has 2 heterocycles. The normalized spacial score (nSPS) is 10.4. The van der Waals surface area contributed by atoms with Gasteiger partial charge in [-0.2, -0.15) is 0 Å². The van der Waals surface area contributed by atoms with Crippen molar-refractivity contribution in [1.82, 2.24) is 15.0 Å². The minimum absolute atomic E-state index is 0.247. The summed E-state index contributed by atoms with van der Waals surface area (Å²) >= 11 is 0. The van der Waals surface area contributed by atoms with Crippen LogP contribution in [0.4, 0.5) is 11.6 Å².